The van der Waals surface area contributed by atoms with Crippen molar-refractivity contribution in [2.45, 2.75) is 26.1 Å². The van der Waals surface area contributed by atoms with Crippen LogP contribution in [0.15, 0.2) is 97.1 Å². The lowest BCUT2D eigenvalue weighted by Crippen LogP contribution is -2.03. The molecule has 2 unspecified atom stereocenters. The van der Waals surface area contributed by atoms with Gasteiger partial charge in [0.05, 0.1) is 0 Å². The lowest BCUT2D eigenvalue weighted by atomic mass is 9.89. The van der Waals surface area contributed by atoms with E-state index in [1.807, 2.05) is 0 Å². The molecule has 0 aromatic heterocycles. The molecular formula is C30H24O. The molecule has 1 aliphatic rings. The normalized spacial score (nSPS) is 17.9. The SMILES string of the molecule is Cc1cc2c(cc1C)C(c1cccc3ccccc13)OC2c1cccc2ccccc12. The minimum absolute atomic E-state index is 0.0793. The molecule has 0 aliphatic carbocycles. The van der Waals surface area contributed by atoms with Crippen molar-refractivity contribution in [1.29, 1.82) is 0 Å². The molecule has 0 bridgehead atoms. The van der Waals surface area contributed by atoms with Crippen LogP contribution in [-0.4, -0.2) is 0 Å². The Labute approximate surface area is 182 Å². The molecule has 150 valence electrons. The highest BCUT2D eigenvalue weighted by Crippen LogP contribution is 2.49. The highest BCUT2D eigenvalue weighted by molar-refractivity contribution is 5.88. The maximum atomic E-state index is 6.93. The van der Waals surface area contributed by atoms with E-state index in [1.54, 1.807) is 0 Å². The summed E-state index contributed by atoms with van der Waals surface area (Å²) in [5, 5.41) is 5.03. The van der Waals surface area contributed by atoms with Gasteiger partial charge < -0.3 is 4.74 Å². The van der Waals surface area contributed by atoms with Crippen LogP contribution in [-0.2, 0) is 4.74 Å². The third-order valence-electron chi connectivity index (χ3n) is 6.75. The van der Waals surface area contributed by atoms with Crippen molar-refractivity contribution in [3.05, 3.63) is 130 Å². The molecule has 0 radical (unpaired) electrons. The van der Waals surface area contributed by atoms with Gasteiger partial charge in [-0.15, -0.1) is 0 Å². The van der Waals surface area contributed by atoms with Crippen molar-refractivity contribution < 1.29 is 4.74 Å². The second kappa shape index (κ2) is 7.08. The van der Waals surface area contributed by atoms with Crippen LogP contribution in [0, 0.1) is 13.8 Å². The first-order valence-electron chi connectivity index (χ1n) is 10.9. The molecular weight excluding hydrogens is 376 g/mol. The number of hydrogen-bond donors (Lipinski definition) is 0. The molecule has 6 rings (SSSR count). The molecule has 0 saturated heterocycles. The Morgan fingerprint density at radius 1 is 0.484 bits per heavy atom. The molecule has 1 heterocycles. The quantitative estimate of drug-likeness (QED) is 0.293. The minimum atomic E-state index is -0.0793. The van der Waals surface area contributed by atoms with Crippen LogP contribution in [0.4, 0.5) is 0 Å². The Hall–Kier alpha value is -3.42. The molecule has 0 amide bonds. The van der Waals surface area contributed by atoms with E-state index in [0.717, 1.165) is 0 Å². The predicted octanol–water partition coefficient (Wildman–Crippen LogP) is 7.82. The summed E-state index contributed by atoms with van der Waals surface area (Å²) in [6, 6.07) is 35.0. The first kappa shape index (κ1) is 18.4. The molecule has 1 heteroatoms. The van der Waals surface area contributed by atoms with Gasteiger partial charge in [0.1, 0.15) is 12.2 Å². The molecule has 5 aromatic rings. The second-order valence-electron chi connectivity index (χ2n) is 8.60. The van der Waals surface area contributed by atoms with Crippen LogP contribution >= 0.6 is 0 Å². The minimum Gasteiger partial charge on any atom is -0.356 e. The number of benzene rings is 5. The van der Waals surface area contributed by atoms with Crippen molar-refractivity contribution in [2.75, 3.05) is 0 Å². The summed E-state index contributed by atoms with van der Waals surface area (Å²) in [6.45, 7) is 4.39. The highest BCUT2D eigenvalue weighted by atomic mass is 16.5. The first-order chi connectivity index (χ1) is 15.2. The first-order valence-corrected chi connectivity index (χ1v) is 10.9. The van der Waals surface area contributed by atoms with E-state index in [2.05, 4.69) is 111 Å². The Morgan fingerprint density at radius 3 is 1.39 bits per heavy atom. The number of aryl methyl sites for hydroxylation is 2. The topological polar surface area (TPSA) is 9.23 Å². The van der Waals surface area contributed by atoms with Gasteiger partial charge in [0.15, 0.2) is 0 Å². The average molecular weight is 401 g/mol. The molecule has 2 atom stereocenters. The average Bonchev–Trinajstić information content (AvgIpc) is 3.16. The smallest absolute Gasteiger partial charge is 0.110 e. The molecule has 5 aromatic carbocycles. The van der Waals surface area contributed by atoms with Crippen LogP contribution in [0.25, 0.3) is 21.5 Å². The van der Waals surface area contributed by atoms with Gasteiger partial charge in [-0.2, -0.15) is 0 Å². The van der Waals surface area contributed by atoms with Crippen molar-refractivity contribution in [3.8, 4) is 0 Å². The van der Waals surface area contributed by atoms with Crippen molar-refractivity contribution in [3.63, 3.8) is 0 Å². The second-order valence-corrected chi connectivity index (χ2v) is 8.60. The fourth-order valence-corrected chi connectivity index (χ4v) is 5.04. The Kier molecular flexibility index (Phi) is 4.19. The molecule has 1 aliphatic heterocycles. The monoisotopic (exact) mass is 400 g/mol. The molecule has 31 heavy (non-hydrogen) atoms. The van der Waals surface area contributed by atoms with E-state index in [1.165, 1.54) is 54.9 Å². The third kappa shape index (κ3) is 2.89. The molecule has 0 N–H and O–H groups in total. The van der Waals surface area contributed by atoms with Crippen LogP contribution in [0.1, 0.15) is 45.6 Å². The third-order valence-corrected chi connectivity index (χ3v) is 6.75. The summed E-state index contributed by atoms with van der Waals surface area (Å²) in [6.07, 6.45) is -0.159. The van der Waals surface area contributed by atoms with E-state index in [9.17, 15) is 0 Å². The largest absolute Gasteiger partial charge is 0.356 e. The van der Waals surface area contributed by atoms with Crippen LogP contribution in [0.3, 0.4) is 0 Å². The standard InChI is InChI=1S/C30H24O/c1-19-17-27-28(18-20(19)2)30(26-16-8-12-22-10-4-6-14-24(22)26)31-29(27)25-15-7-11-21-9-3-5-13-23(21)25/h3-18,29-30H,1-2H3. The van der Waals surface area contributed by atoms with Gasteiger partial charge in [-0.05, 0) is 68.8 Å². The molecule has 0 spiro atoms. The zero-order valence-corrected chi connectivity index (χ0v) is 17.8. The Morgan fingerprint density at radius 2 is 0.903 bits per heavy atom. The maximum Gasteiger partial charge on any atom is 0.110 e. The number of fused-ring (bicyclic) bond motifs is 3. The number of rotatable bonds is 2. The van der Waals surface area contributed by atoms with E-state index >= 15 is 0 Å². The zero-order chi connectivity index (χ0) is 20.9. The summed E-state index contributed by atoms with van der Waals surface area (Å²) in [5.74, 6) is 0. The van der Waals surface area contributed by atoms with E-state index in [4.69, 9.17) is 4.74 Å². The van der Waals surface area contributed by atoms with Gasteiger partial charge in [-0.3, -0.25) is 0 Å². The van der Waals surface area contributed by atoms with Crippen LogP contribution in [0.5, 0.6) is 0 Å². The van der Waals surface area contributed by atoms with Crippen molar-refractivity contribution in [1.82, 2.24) is 0 Å². The van der Waals surface area contributed by atoms with Gasteiger partial charge in [0, 0.05) is 0 Å². The lowest BCUT2D eigenvalue weighted by Gasteiger charge is -2.18. The zero-order valence-electron chi connectivity index (χ0n) is 17.8. The van der Waals surface area contributed by atoms with E-state index in [-0.39, 0.29) is 12.2 Å². The maximum absolute atomic E-state index is 6.93. The highest BCUT2D eigenvalue weighted by Gasteiger charge is 2.35. The molecule has 0 fully saturated rings. The van der Waals surface area contributed by atoms with Gasteiger partial charge >= 0.3 is 0 Å². The number of ether oxygens (including phenoxy) is 1. The summed E-state index contributed by atoms with van der Waals surface area (Å²) < 4.78 is 6.93. The molecule has 0 saturated carbocycles. The summed E-state index contributed by atoms with van der Waals surface area (Å²) in [7, 11) is 0. The van der Waals surface area contributed by atoms with Crippen LogP contribution in [0.2, 0.25) is 0 Å². The van der Waals surface area contributed by atoms with Crippen molar-refractivity contribution in [2.24, 2.45) is 0 Å². The molecule has 1 nitrogen and oxygen atoms in total. The summed E-state index contributed by atoms with van der Waals surface area (Å²) >= 11 is 0. The van der Waals surface area contributed by atoms with Gasteiger partial charge in [0.25, 0.3) is 0 Å². The fraction of sp³-hybridized carbons (Fsp3) is 0.133. The lowest BCUT2D eigenvalue weighted by molar-refractivity contribution is 0.0598. The summed E-state index contributed by atoms with van der Waals surface area (Å²) in [4.78, 5) is 0. The summed E-state index contributed by atoms with van der Waals surface area (Å²) in [5.41, 5.74) is 7.68. The Balaban J connectivity index is 1.59. The van der Waals surface area contributed by atoms with E-state index in [0.29, 0.717) is 0 Å². The van der Waals surface area contributed by atoms with Crippen molar-refractivity contribution >= 4 is 21.5 Å². The van der Waals surface area contributed by atoms with Gasteiger partial charge in [0.2, 0.25) is 0 Å². The van der Waals surface area contributed by atoms with Crippen LogP contribution < -0.4 is 0 Å². The number of hydrogen-bond acceptors (Lipinski definition) is 1. The predicted molar refractivity (Wildman–Crippen MR) is 129 cm³/mol. The van der Waals surface area contributed by atoms with Gasteiger partial charge in [-0.25, -0.2) is 0 Å². The van der Waals surface area contributed by atoms with E-state index < -0.39 is 0 Å². The Bertz CT molecular complexity index is 1330. The fourth-order valence-electron chi connectivity index (χ4n) is 5.04. The van der Waals surface area contributed by atoms with Gasteiger partial charge in [-0.1, -0.05) is 97.1 Å².